The Morgan fingerprint density at radius 3 is 2.47 bits per heavy atom. The van der Waals surface area contributed by atoms with Crippen molar-refractivity contribution in [2.45, 2.75) is 0 Å². The molecule has 0 saturated carbocycles. The van der Waals surface area contributed by atoms with E-state index in [1.54, 1.807) is 12.1 Å². The van der Waals surface area contributed by atoms with Gasteiger partial charge in [-0.15, -0.1) is 0 Å². The fourth-order valence-corrected chi connectivity index (χ4v) is 2.37. The topological polar surface area (TPSA) is 39.6 Å². The van der Waals surface area contributed by atoms with Crippen LogP contribution in [0.2, 0.25) is 0 Å². The summed E-state index contributed by atoms with van der Waals surface area (Å²) in [6, 6.07) is 19.7. The molecule has 1 heterocycles. The average molecular weight is 262 g/mol. The molecule has 3 aromatic rings. The zero-order valence-electron chi connectivity index (χ0n) is 10.1. The summed E-state index contributed by atoms with van der Waals surface area (Å²) in [7, 11) is 0. The lowest BCUT2D eigenvalue weighted by atomic mass is 10.0. The maximum absolute atomic E-state index is 8.82. The zero-order valence-corrected chi connectivity index (χ0v) is 10.9. The van der Waals surface area contributed by atoms with Gasteiger partial charge in [0, 0.05) is 11.1 Å². The average Bonchev–Trinajstić information content (AvgIpc) is 2.47. The number of aromatic nitrogens is 1. The first-order valence-electron chi connectivity index (χ1n) is 5.90. The molecule has 0 aliphatic heterocycles. The van der Waals surface area contributed by atoms with Crippen LogP contribution in [0, 0.1) is 16.0 Å². The van der Waals surface area contributed by atoms with Gasteiger partial charge in [0.2, 0.25) is 0 Å². The van der Waals surface area contributed by atoms with Crippen LogP contribution in [0.5, 0.6) is 0 Å². The minimum absolute atomic E-state index is 0.652. The van der Waals surface area contributed by atoms with E-state index in [1.807, 2.05) is 36.4 Å². The number of fused-ring (bicyclic) bond motifs is 1. The maximum Gasteiger partial charge on any atom is 0.111 e. The SMILES string of the molecule is N#Cc1ccc(-c2cc3ccccc3[nH]c2=S)cc1. The third-order valence-corrected chi connectivity index (χ3v) is 3.40. The van der Waals surface area contributed by atoms with Gasteiger partial charge in [-0.05, 0) is 35.2 Å². The summed E-state index contributed by atoms with van der Waals surface area (Å²) < 4.78 is 0.711. The molecule has 1 N–H and O–H groups in total. The van der Waals surface area contributed by atoms with Gasteiger partial charge in [-0.1, -0.05) is 42.5 Å². The van der Waals surface area contributed by atoms with Gasteiger partial charge >= 0.3 is 0 Å². The second-order valence-electron chi connectivity index (χ2n) is 4.29. The van der Waals surface area contributed by atoms with Crippen molar-refractivity contribution >= 4 is 23.1 Å². The van der Waals surface area contributed by atoms with E-state index in [-0.39, 0.29) is 0 Å². The van der Waals surface area contributed by atoms with Crippen molar-refractivity contribution in [3.8, 4) is 17.2 Å². The number of rotatable bonds is 1. The fourth-order valence-electron chi connectivity index (χ4n) is 2.09. The largest absolute Gasteiger partial charge is 0.346 e. The molecule has 19 heavy (non-hydrogen) atoms. The minimum atomic E-state index is 0.652. The highest BCUT2D eigenvalue weighted by Gasteiger charge is 2.03. The Morgan fingerprint density at radius 2 is 1.74 bits per heavy atom. The summed E-state index contributed by atoms with van der Waals surface area (Å²) in [5, 5.41) is 9.94. The lowest BCUT2D eigenvalue weighted by Gasteiger charge is -2.05. The van der Waals surface area contributed by atoms with Gasteiger partial charge in [0.15, 0.2) is 0 Å². The first-order chi connectivity index (χ1) is 9.28. The number of benzene rings is 2. The number of para-hydroxylation sites is 1. The van der Waals surface area contributed by atoms with Crippen molar-refractivity contribution in [3.63, 3.8) is 0 Å². The van der Waals surface area contributed by atoms with Crippen LogP contribution in [0.4, 0.5) is 0 Å². The van der Waals surface area contributed by atoms with E-state index < -0.39 is 0 Å². The van der Waals surface area contributed by atoms with Crippen LogP contribution in [0.3, 0.4) is 0 Å². The zero-order chi connectivity index (χ0) is 13.2. The van der Waals surface area contributed by atoms with Crippen LogP contribution < -0.4 is 0 Å². The van der Waals surface area contributed by atoms with Crippen molar-refractivity contribution in [1.82, 2.24) is 4.98 Å². The molecule has 90 valence electrons. The highest BCUT2D eigenvalue weighted by Crippen LogP contribution is 2.24. The molecule has 3 rings (SSSR count). The molecule has 0 radical (unpaired) electrons. The van der Waals surface area contributed by atoms with Crippen LogP contribution in [0.1, 0.15) is 5.56 Å². The summed E-state index contributed by atoms with van der Waals surface area (Å²) in [6.45, 7) is 0. The number of nitrogens with zero attached hydrogens (tertiary/aromatic N) is 1. The predicted molar refractivity (Wildman–Crippen MR) is 79.3 cm³/mol. The van der Waals surface area contributed by atoms with Crippen LogP contribution in [0.15, 0.2) is 54.6 Å². The third-order valence-electron chi connectivity index (χ3n) is 3.08. The van der Waals surface area contributed by atoms with Crippen molar-refractivity contribution in [2.24, 2.45) is 0 Å². The molecule has 1 aromatic heterocycles. The summed E-state index contributed by atoms with van der Waals surface area (Å²) in [6.07, 6.45) is 0. The number of pyridine rings is 1. The van der Waals surface area contributed by atoms with Crippen molar-refractivity contribution in [2.75, 3.05) is 0 Å². The molecular formula is C16H10N2S. The molecule has 2 aromatic carbocycles. The number of aromatic amines is 1. The van der Waals surface area contributed by atoms with Gasteiger partial charge in [0.1, 0.15) is 4.64 Å². The van der Waals surface area contributed by atoms with Gasteiger partial charge < -0.3 is 4.98 Å². The van der Waals surface area contributed by atoms with E-state index in [0.717, 1.165) is 22.0 Å². The normalized spacial score (nSPS) is 10.3. The van der Waals surface area contributed by atoms with E-state index in [2.05, 4.69) is 17.1 Å². The molecule has 2 nitrogen and oxygen atoms in total. The molecule has 0 fully saturated rings. The molecule has 3 heteroatoms. The molecule has 0 atom stereocenters. The van der Waals surface area contributed by atoms with Gasteiger partial charge in [-0.2, -0.15) is 5.26 Å². The molecule has 0 bridgehead atoms. The summed E-state index contributed by atoms with van der Waals surface area (Å²) in [5.74, 6) is 0. The first-order valence-corrected chi connectivity index (χ1v) is 6.31. The number of hydrogen-bond acceptors (Lipinski definition) is 2. The predicted octanol–water partition coefficient (Wildman–Crippen LogP) is 4.44. The highest BCUT2D eigenvalue weighted by molar-refractivity contribution is 7.71. The molecule has 0 amide bonds. The van der Waals surface area contributed by atoms with E-state index in [0.29, 0.717) is 10.2 Å². The fraction of sp³-hybridized carbons (Fsp3) is 0. The Balaban J connectivity index is 2.21. The Kier molecular flexibility index (Phi) is 2.86. The summed E-state index contributed by atoms with van der Waals surface area (Å²) in [5.41, 5.74) is 3.69. The summed E-state index contributed by atoms with van der Waals surface area (Å²) in [4.78, 5) is 3.24. The smallest absolute Gasteiger partial charge is 0.111 e. The molecule has 0 unspecified atom stereocenters. The van der Waals surface area contributed by atoms with E-state index >= 15 is 0 Å². The molecule has 0 aliphatic rings. The number of hydrogen-bond donors (Lipinski definition) is 1. The second kappa shape index (κ2) is 4.68. The van der Waals surface area contributed by atoms with E-state index in [4.69, 9.17) is 17.5 Å². The van der Waals surface area contributed by atoms with Crippen LogP contribution in [0.25, 0.3) is 22.0 Å². The first kappa shape index (κ1) is 11.6. The van der Waals surface area contributed by atoms with Crippen molar-refractivity contribution in [3.05, 3.63) is 64.8 Å². The van der Waals surface area contributed by atoms with E-state index in [1.165, 1.54) is 0 Å². The van der Waals surface area contributed by atoms with Crippen LogP contribution in [-0.4, -0.2) is 4.98 Å². The third kappa shape index (κ3) is 2.14. The van der Waals surface area contributed by atoms with Gasteiger partial charge in [0.25, 0.3) is 0 Å². The minimum Gasteiger partial charge on any atom is -0.346 e. The molecular weight excluding hydrogens is 252 g/mol. The monoisotopic (exact) mass is 262 g/mol. The lowest BCUT2D eigenvalue weighted by Crippen LogP contribution is -1.86. The lowest BCUT2D eigenvalue weighted by molar-refractivity contribution is 1.37. The van der Waals surface area contributed by atoms with Crippen LogP contribution >= 0.6 is 12.2 Å². The number of nitriles is 1. The Morgan fingerprint density at radius 1 is 1.00 bits per heavy atom. The van der Waals surface area contributed by atoms with Crippen LogP contribution in [-0.2, 0) is 0 Å². The summed E-state index contributed by atoms with van der Waals surface area (Å²) >= 11 is 5.40. The van der Waals surface area contributed by atoms with Crippen molar-refractivity contribution in [1.29, 1.82) is 5.26 Å². The van der Waals surface area contributed by atoms with Crippen molar-refractivity contribution < 1.29 is 0 Å². The Labute approximate surface area is 116 Å². The van der Waals surface area contributed by atoms with Gasteiger partial charge in [0.05, 0.1) is 11.6 Å². The molecule has 0 spiro atoms. The quantitative estimate of drug-likeness (QED) is 0.659. The standard InChI is InChI=1S/C16H10N2S/c17-10-11-5-7-12(8-6-11)14-9-13-3-1-2-4-15(13)18-16(14)19/h1-9H,(H,18,19). The van der Waals surface area contributed by atoms with Gasteiger partial charge in [-0.3, -0.25) is 0 Å². The number of H-pyrrole nitrogens is 1. The Hall–Kier alpha value is -2.44. The Bertz CT molecular complexity index is 839. The second-order valence-corrected chi connectivity index (χ2v) is 4.70. The maximum atomic E-state index is 8.82. The molecule has 0 saturated heterocycles. The van der Waals surface area contributed by atoms with E-state index in [9.17, 15) is 0 Å². The highest BCUT2D eigenvalue weighted by atomic mass is 32.1. The molecule has 0 aliphatic carbocycles. The van der Waals surface area contributed by atoms with Gasteiger partial charge in [-0.25, -0.2) is 0 Å². The number of nitrogens with one attached hydrogen (secondary N) is 1.